The molecule has 3 nitrogen and oxygen atoms in total. The van der Waals surface area contributed by atoms with Gasteiger partial charge in [0.1, 0.15) is 0 Å². The fraction of sp³-hybridized carbons (Fsp3) is 1.00. The first-order valence-corrected chi connectivity index (χ1v) is 3.31. The van der Waals surface area contributed by atoms with Crippen LogP contribution in [0.25, 0.3) is 0 Å². The first-order chi connectivity index (χ1) is 3.06. The summed E-state index contributed by atoms with van der Waals surface area (Å²) in [5.41, 5.74) is 0. The van der Waals surface area contributed by atoms with E-state index in [2.05, 4.69) is 0 Å². The molecule has 7 heavy (non-hydrogen) atoms. The fourth-order valence-corrected chi connectivity index (χ4v) is 0.636. The van der Waals surface area contributed by atoms with Crippen molar-refractivity contribution in [1.82, 2.24) is 0 Å². The summed E-state index contributed by atoms with van der Waals surface area (Å²) in [4.78, 5) is 0. The standard InChI is InChI=1S/C3H8O3P/c1-7-2-3(4,5)6/h4-6H,2H2,1H3. The molecule has 0 aliphatic rings. The van der Waals surface area contributed by atoms with Crippen molar-refractivity contribution in [3.05, 3.63) is 0 Å². The summed E-state index contributed by atoms with van der Waals surface area (Å²) in [6.45, 7) is 1.72. The van der Waals surface area contributed by atoms with Gasteiger partial charge in [0, 0.05) is 0 Å². The zero-order chi connectivity index (χ0) is 5.91. The largest absolute Gasteiger partial charge is 0.343 e. The Bertz CT molecular complexity index is 48.6. The molecule has 0 atom stereocenters. The van der Waals surface area contributed by atoms with E-state index < -0.39 is 5.97 Å². The molecule has 0 spiro atoms. The van der Waals surface area contributed by atoms with Crippen molar-refractivity contribution in [1.29, 1.82) is 0 Å². The van der Waals surface area contributed by atoms with Crippen LogP contribution in [0.5, 0.6) is 0 Å². The van der Waals surface area contributed by atoms with Crippen molar-refractivity contribution < 1.29 is 15.3 Å². The molecule has 0 unspecified atom stereocenters. The number of aliphatic hydroxyl groups is 3. The predicted molar refractivity (Wildman–Crippen MR) is 27.1 cm³/mol. The summed E-state index contributed by atoms with van der Waals surface area (Å²) >= 11 is 0. The molecule has 0 amide bonds. The molecule has 0 aromatic heterocycles. The molecule has 0 bridgehead atoms. The van der Waals surface area contributed by atoms with Crippen LogP contribution < -0.4 is 0 Å². The molecule has 43 valence electrons. The maximum absolute atomic E-state index is 8.12. The lowest BCUT2D eigenvalue weighted by Crippen LogP contribution is -2.29. The molecule has 0 aliphatic heterocycles. The van der Waals surface area contributed by atoms with E-state index in [1.807, 2.05) is 0 Å². The average Bonchev–Trinajstić information content (AvgIpc) is 1.30. The second-order valence-corrected chi connectivity index (χ2v) is 2.20. The van der Waals surface area contributed by atoms with Crippen LogP contribution in [0.2, 0.25) is 0 Å². The van der Waals surface area contributed by atoms with Crippen LogP contribution in [0.3, 0.4) is 0 Å². The minimum absolute atomic E-state index is 0.0208. The first-order valence-electron chi connectivity index (χ1n) is 1.79. The van der Waals surface area contributed by atoms with Gasteiger partial charge < -0.3 is 15.3 Å². The molecule has 0 heterocycles. The fourth-order valence-electron chi connectivity index (χ4n) is 0.212. The van der Waals surface area contributed by atoms with Crippen molar-refractivity contribution in [3.8, 4) is 0 Å². The molecule has 4 heteroatoms. The van der Waals surface area contributed by atoms with E-state index >= 15 is 0 Å². The van der Waals surface area contributed by atoms with Gasteiger partial charge in [-0.05, 0) is 6.66 Å². The topological polar surface area (TPSA) is 60.7 Å². The molecule has 0 aromatic carbocycles. The highest BCUT2D eigenvalue weighted by molar-refractivity contribution is 7.37. The van der Waals surface area contributed by atoms with Gasteiger partial charge in [-0.3, -0.25) is 0 Å². The summed E-state index contributed by atoms with van der Waals surface area (Å²) in [5.74, 6) is -2.46. The molecule has 3 N–H and O–H groups in total. The van der Waals surface area contributed by atoms with Gasteiger partial charge in [-0.1, -0.05) is 8.58 Å². The van der Waals surface area contributed by atoms with Gasteiger partial charge in [-0.25, -0.2) is 0 Å². The summed E-state index contributed by atoms with van der Waals surface area (Å²) in [6.07, 6.45) is -0.0208. The lowest BCUT2D eigenvalue weighted by atomic mass is 10.7. The lowest BCUT2D eigenvalue weighted by Gasteiger charge is -2.10. The van der Waals surface area contributed by atoms with Gasteiger partial charge in [0.05, 0.1) is 6.16 Å². The van der Waals surface area contributed by atoms with E-state index in [0.717, 1.165) is 8.58 Å². The van der Waals surface area contributed by atoms with Crippen LogP contribution >= 0.6 is 8.58 Å². The van der Waals surface area contributed by atoms with Crippen LogP contribution in [-0.2, 0) is 0 Å². The Morgan fingerprint density at radius 3 is 1.86 bits per heavy atom. The van der Waals surface area contributed by atoms with E-state index in [4.69, 9.17) is 15.3 Å². The predicted octanol–water partition coefficient (Wildman–Crippen LogP) is -0.807. The van der Waals surface area contributed by atoms with E-state index in [0.29, 0.717) is 0 Å². The molecule has 0 aromatic rings. The minimum atomic E-state index is -2.46. The van der Waals surface area contributed by atoms with Crippen LogP contribution in [0, 0.1) is 0 Å². The van der Waals surface area contributed by atoms with Gasteiger partial charge in [0.15, 0.2) is 0 Å². The molecule has 0 saturated heterocycles. The second kappa shape index (κ2) is 2.58. The molecule has 0 aliphatic carbocycles. The molecular formula is C3H8O3P. The lowest BCUT2D eigenvalue weighted by molar-refractivity contribution is -0.293. The molecule has 1 radical (unpaired) electrons. The quantitative estimate of drug-likeness (QED) is 0.332. The van der Waals surface area contributed by atoms with Crippen LogP contribution in [0.4, 0.5) is 0 Å². The summed E-state index contributed by atoms with van der Waals surface area (Å²) < 4.78 is 0. The number of rotatable bonds is 2. The van der Waals surface area contributed by atoms with Crippen molar-refractivity contribution in [2.45, 2.75) is 5.97 Å². The van der Waals surface area contributed by atoms with Crippen LogP contribution in [-0.4, -0.2) is 34.1 Å². The Kier molecular flexibility index (Phi) is 2.69. The van der Waals surface area contributed by atoms with Gasteiger partial charge in [0.2, 0.25) is 0 Å². The Morgan fingerprint density at radius 1 is 1.43 bits per heavy atom. The van der Waals surface area contributed by atoms with Crippen molar-refractivity contribution >= 4 is 8.58 Å². The highest BCUT2D eigenvalue weighted by Crippen LogP contribution is 2.08. The third-order valence-electron chi connectivity index (χ3n) is 0.370. The highest BCUT2D eigenvalue weighted by atomic mass is 31.1. The van der Waals surface area contributed by atoms with Crippen molar-refractivity contribution in [3.63, 3.8) is 0 Å². The van der Waals surface area contributed by atoms with Crippen LogP contribution in [0.15, 0.2) is 0 Å². The first kappa shape index (κ1) is 7.31. The molecular weight excluding hydrogens is 115 g/mol. The average molecular weight is 123 g/mol. The number of hydrogen-bond donors (Lipinski definition) is 3. The van der Waals surface area contributed by atoms with Gasteiger partial charge >= 0.3 is 0 Å². The third-order valence-corrected chi connectivity index (χ3v) is 1.11. The monoisotopic (exact) mass is 123 g/mol. The smallest absolute Gasteiger partial charge is 0.279 e. The van der Waals surface area contributed by atoms with Gasteiger partial charge in [-0.2, -0.15) is 0 Å². The maximum atomic E-state index is 8.12. The number of hydrogen-bond acceptors (Lipinski definition) is 3. The van der Waals surface area contributed by atoms with E-state index in [9.17, 15) is 0 Å². The second-order valence-electron chi connectivity index (χ2n) is 1.25. The zero-order valence-corrected chi connectivity index (χ0v) is 4.89. The van der Waals surface area contributed by atoms with E-state index in [1.165, 1.54) is 0 Å². The SMILES string of the molecule is C[P]CC(O)(O)O. The zero-order valence-electron chi connectivity index (χ0n) is 4.00. The Morgan fingerprint density at radius 2 is 1.86 bits per heavy atom. The molecule has 0 saturated carbocycles. The summed E-state index contributed by atoms with van der Waals surface area (Å²) in [7, 11) is 0.759. The van der Waals surface area contributed by atoms with Crippen LogP contribution in [0.1, 0.15) is 0 Å². The summed E-state index contributed by atoms with van der Waals surface area (Å²) in [5, 5.41) is 24.4. The van der Waals surface area contributed by atoms with E-state index in [-0.39, 0.29) is 6.16 Å². The van der Waals surface area contributed by atoms with Gasteiger partial charge in [-0.15, -0.1) is 0 Å². The normalized spacial score (nSPS) is 13.7. The van der Waals surface area contributed by atoms with E-state index in [1.54, 1.807) is 6.66 Å². The Labute approximate surface area is 43.8 Å². The van der Waals surface area contributed by atoms with Gasteiger partial charge in [0.25, 0.3) is 5.97 Å². The maximum Gasteiger partial charge on any atom is 0.279 e. The molecule has 0 rings (SSSR count). The summed E-state index contributed by atoms with van der Waals surface area (Å²) in [6, 6.07) is 0. The highest BCUT2D eigenvalue weighted by Gasteiger charge is 2.15. The molecule has 0 fully saturated rings. The third kappa shape index (κ3) is 6.31. The Balaban J connectivity index is 3.15. The van der Waals surface area contributed by atoms with Crippen molar-refractivity contribution in [2.24, 2.45) is 0 Å². The van der Waals surface area contributed by atoms with Crippen molar-refractivity contribution in [2.75, 3.05) is 12.8 Å². The minimum Gasteiger partial charge on any atom is -0.343 e. The Hall–Kier alpha value is 0.310.